The number of benzene rings is 1. The second-order valence-electron chi connectivity index (χ2n) is 4.52. The summed E-state index contributed by atoms with van der Waals surface area (Å²) >= 11 is 0. The molecule has 0 aromatic heterocycles. The van der Waals surface area contributed by atoms with Crippen molar-refractivity contribution in [3.63, 3.8) is 0 Å². The molecule has 98 valence electrons. The highest BCUT2D eigenvalue weighted by atomic mass is 32.2. The minimum Gasteiger partial charge on any atom is -0.480 e. The SMILES string of the molecule is CS(=O)(=O)[C@@H]1[C@@H](c2cccc(F)c2)[C@@]1(N)C(=O)O. The molecule has 7 heteroatoms. The zero-order chi connectivity index (χ0) is 13.7. The van der Waals surface area contributed by atoms with Crippen LogP contribution in [0.15, 0.2) is 24.3 Å². The van der Waals surface area contributed by atoms with Gasteiger partial charge in [0.15, 0.2) is 9.84 Å². The van der Waals surface area contributed by atoms with E-state index in [4.69, 9.17) is 10.8 Å². The average Bonchev–Trinajstić information content (AvgIpc) is 2.86. The smallest absolute Gasteiger partial charge is 0.325 e. The fourth-order valence-corrected chi connectivity index (χ4v) is 4.14. The summed E-state index contributed by atoms with van der Waals surface area (Å²) in [4.78, 5) is 11.1. The van der Waals surface area contributed by atoms with Gasteiger partial charge in [-0.1, -0.05) is 12.1 Å². The van der Waals surface area contributed by atoms with E-state index in [0.29, 0.717) is 0 Å². The maximum Gasteiger partial charge on any atom is 0.325 e. The Balaban J connectivity index is 2.49. The minimum atomic E-state index is -3.62. The van der Waals surface area contributed by atoms with E-state index in [0.717, 1.165) is 12.3 Å². The van der Waals surface area contributed by atoms with Gasteiger partial charge in [0, 0.05) is 12.2 Å². The van der Waals surface area contributed by atoms with Crippen molar-refractivity contribution in [1.29, 1.82) is 0 Å². The molecule has 2 rings (SSSR count). The van der Waals surface area contributed by atoms with Crippen LogP contribution in [0.25, 0.3) is 0 Å². The molecule has 5 nitrogen and oxygen atoms in total. The van der Waals surface area contributed by atoms with E-state index in [2.05, 4.69) is 0 Å². The topological polar surface area (TPSA) is 97.5 Å². The van der Waals surface area contributed by atoms with E-state index < -0.39 is 38.3 Å². The second-order valence-corrected chi connectivity index (χ2v) is 6.69. The van der Waals surface area contributed by atoms with Crippen LogP contribution in [-0.2, 0) is 14.6 Å². The molecule has 1 aliphatic rings. The van der Waals surface area contributed by atoms with E-state index in [-0.39, 0.29) is 5.56 Å². The third-order valence-corrected chi connectivity index (χ3v) is 4.80. The van der Waals surface area contributed by atoms with Crippen LogP contribution in [-0.4, -0.2) is 36.5 Å². The number of nitrogens with two attached hydrogens (primary N) is 1. The van der Waals surface area contributed by atoms with Gasteiger partial charge < -0.3 is 10.8 Å². The highest BCUT2D eigenvalue weighted by Crippen LogP contribution is 2.54. The molecule has 1 saturated carbocycles. The molecule has 18 heavy (non-hydrogen) atoms. The minimum absolute atomic E-state index is 0.287. The van der Waals surface area contributed by atoms with Gasteiger partial charge in [0.1, 0.15) is 11.4 Å². The Hall–Kier alpha value is -1.47. The molecule has 1 aliphatic carbocycles. The van der Waals surface area contributed by atoms with Crippen molar-refractivity contribution in [1.82, 2.24) is 0 Å². The van der Waals surface area contributed by atoms with E-state index in [1.807, 2.05) is 0 Å². The second kappa shape index (κ2) is 3.76. The highest BCUT2D eigenvalue weighted by Gasteiger charge is 2.73. The summed E-state index contributed by atoms with van der Waals surface area (Å²) in [7, 11) is -3.62. The zero-order valence-corrected chi connectivity index (χ0v) is 10.3. The maximum absolute atomic E-state index is 13.1. The van der Waals surface area contributed by atoms with Crippen LogP contribution in [0.2, 0.25) is 0 Å². The van der Waals surface area contributed by atoms with Gasteiger partial charge in [-0.2, -0.15) is 0 Å². The number of aliphatic carboxylic acids is 1. The van der Waals surface area contributed by atoms with Crippen LogP contribution in [0.5, 0.6) is 0 Å². The largest absolute Gasteiger partial charge is 0.480 e. The summed E-state index contributed by atoms with van der Waals surface area (Å²) in [6, 6.07) is 5.18. The summed E-state index contributed by atoms with van der Waals surface area (Å²) in [5.41, 5.74) is 4.06. The first-order valence-corrected chi connectivity index (χ1v) is 7.11. The zero-order valence-electron chi connectivity index (χ0n) is 9.50. The van der Waals surface area contributed by atoms with Crippen LogP contribution >= 0.6 is 0 Å². The third kappa shape index (κ3) is 1.79. The number of carbonyl (C=O) groups is 1. The first kappa shape index (κ1) is 13.0. The van der Waals surface area contributed by atoms with Crippen molar-refractivity contribution in [3.8, 4) is 0 Å². The predicted octanol–water partition coefficient (Wildman–Crippen LogP) is 0.118. The first-order valence-electron chi connectivity index (χ1n) is 5.15. The fraction of sp³-hybridized carbons (Fsp3) is 0.364. The first-order chi connectivity index (χ1) is 8.19. The number of carboxylic acid groups (broad SMARTS) is 1. The van der Waals surface area contributed by atoms with Crippen molar-refractivity contribution < 1.29 is 22.7 Å². The van der Waals surface area contributed by atoms with E-state index in [9.17, 15) is 17.6 Å². The summed E-state index contributed by atoms with van der Waals surface area (Å²) in [6.07, 6.45) is 0.932. The molecule has 1 aromatic rings. The van der Waals surface area contributed by atoms with Crippen LogP contribution in [0.3, 0.4) is 0 Å². The lowest BCUT2D eigenvalue weighted by Gasteiger charge is -2.04. The number of sulfone groups is 1. The Morgan fingerprint density at radius 1 is 1.50 bits per heavy atom. The van der Waals surface area contributed by atoms with Gasteiger partial charge >= 0.3 is 5.97 Å². The Morgan fingerprint density at radius 3 is 2.50 bits per heavy atom. The molecule has 1 aromatic carbocycles. The number of hydrogen-bond acceptors (Lipinski definition) is 4. The van der Waals surface area contributed by atoms with Crippen molar-refractivity contribution in [3.05, 3.63) is 35.6 Å². The Kier molecular flexibility index (Phi) is 2.71. The van der Waals surface area contributed by atoms with Gasteiger partial charge in [0.25, 0.3) is 0 Å². The van der Waals surface area contributed by atoms with Gasteiger partial charge in [-0.05, 0) is 17.7 Å². The molecule has 0 saturated heterocycles. The Morgan fingerprint density at radius 2 is 2.11 bits per heavy atom. The van der Waals surface area contributed by atoms with Gasteiger partial charge in [0.2, 0.25) is 0 Å². The van der Waals surface area contributed by atoms with Crippen molar-refractivity contribution in [2.24, 2.45) is 5.73 Å². The van der Waals surface area contributed by atoms with Crippen molar-refractivity contribution in [2.75, 3.05) is 6.26 Å². The van der Waals surface area contributed by atoms with Gasteiger partial charge in [-0.15, -0.1) is 0 Å². The molecule has 0 amide bonds. The van der Waals surface area contributed by atoms with Crippen molar-refractivity contribution in [2.45, 2.75) is 16.7 Å². The number of halogens is 1. The van der Waals surface area contributed by atoms with Crippen LogP contribution in [0, 0.1) is 5.82 Å². The fourth-order valence-electron chi connectivity index (χ4n) is 2.38. The van der Waals surface area contributed by atoms with Crippen LogP contribution in [0.4, 0.5) is 4.39 Å². The third-order valence-electron chi connectivity index (χ3n) is 3.22. The standard InChI is InChI=1S/C11H12FNO4S/c1-18(16,17)9-8(11(9,13)10(14)15)6-3-2-4-7(12)5-6/h2-5,8-9H,13H2,1H3,(H,14,15)/t8-,9-,11+/m1/s1. The van der Waals surface area contributed by atoms with Crippen LogP contribution in [0.1, 0.15) is 11.5 Å². The lowest BCUT2D eigenvalue weighted by Crippen LogP contribution is -2.39. The molecule has 0 unspecified atom stereocenters. The normalized spacial score (nSPS) is 31.1. The van der Waals surface area contributed by atoms with Crippen molar-refractivity contribution >= 4 is 15.8 Å². The molecule has 0 heterocycles. The molecule has 0 bridgehead atoms. The number of rotatable bonds is 3. The van der Waals surface area contributed by atoms with Crippen LogP contribution < -0.4 is 5.73 Å². The molecule has 0 spiro atoms. The monoisotopic (exact) mass is 273 g/mol. The Labute approximate surface area is 103 Å². The predicted molar refractivity (Wildman–Crippen MR) is 62.3 cm³/mol. The molecule has 3 atom stereocenters. The summed E-state index contributed by atoms with van der Waals surface area (Å²) < 4.78 is 36.2. The maximum atomic E-state index is 13.1. The number of carboxylic acids is 1. The van der Waals surface area contributed by atoms with E-state index in [1.54, 1.807) is 0 Å². The summed E-state index contributed by atoms with van der Waals surface area (Å²) in [5.74, 6) is -2.87. The van der Waals surface area contributed by atoms with Gasteiger partial charge in [0.05, 0.1) is 5.25 Å². The molecule has 1 fully saturated rings. The average molecular weight is 273 g/mol. The van der Waals surface area contributed by atoms with E-state index in [1.165, 1.54) is 18.2 Å². The van der Waals surface area contributed by atoms with Gasteiger partial charge in [-0.3, -0.25) is 4.79 Å². The lowest BCUT2D eigenvalue weighted by molar-refractivity contribution is -0.139. The molecular formula is C11H12FNO4S. The van der Waals surface area contributed by atoms with Gasteiger partial charge in [-0.25, -0.2) is 12.8 Å². The Bertz CT molecular complexity index is 615. The summed E-state index contributed by atoms with van der Waals surface area (Å²) in [5, 5.41) is 7.85. The lowest BCUT2D eigenvalue weighted by atomic mass is 10.1. The molecular weight excluding hydrogens is 261 g/mol. The number of hydrogen-bond donors (Lipinski definition) is 2. The molecule has 3 N–H and O–H groups in total. The highest BCUT2D eigenvalue weighted by molar-refractivity contribution is 7.91. The summed E-state index contributed by atoms with van der Waals surface area (Å²) in [6.45, 7) is 0. The quantitative estimate of drug-likeness (QED) is 0.815. The molecule has 0 radical (unpaired) electrons. The molecule has 0 aliphatic heterocycles. The van der Waals surface area contributed by atoms with E-state index >= 15 is 0 Å².